The van der Waals surface area contributed by atoms with Crippen molar-refractivity contribution in [1.82, 2.24) is 0 Å². The number of benzene rings is 3. The Hall–Kier alpha value is -3.64. The number of carboxylic acid groups (broad SMARTS) is 1. The number of anilines is 1. The van der Waals surface area contributed by atoms with Crippen molar-refractivity contribution < 1.29 is 45.0 Å². The molecule has 0 amide bonds. The average molecular weight is 602 g/mol. The fraction of sp³-hybridized carbons (Fsp3) is 0.222. The number of nitrogens with zero attached hydrogens (tertiary/aromatic N) is 1. The first-order chi connectivity index (χ1) is 18.8. The van der Waals surface area contributed by atoms with Crippen molar-refractivity contribution >= 4 is 45.4 Å². The van der Waals surface area contributed by atoms with Crippen LogP contribution in [0.5, 0.6) is 5.75 Å². The maximum Gasteiger partial charge on any atom is 0.417 e. The molecule has 0 saturated heterocycles. The van der Waals surface area contributed by atoms with E-state index in [1.54, 1.807) is 0 Å². The Kier molecular flexibility index (Phi) is 8.41. The second kappa shape index (κ2) is 11.5. The summed E-state index contributed by atoms with van der Waals surface area (Å²) in [7, 11) is -4.44. The van der Waals surface area contributed by atoms with Crippen LogP contribution in [0.3, 0.4) is 0 Å². The zero-order valence-corrected chi connectivity index (χ0v) is 22.0. The molecule has 1 unspecified atom stereocenters. The third-order valence-electron chi connectivity index (χ3n) is 6.09. The van der Waals surface area contributed by atoms with Crippen LogP contribution in [0.25, 0.3) is 12.2 Å². The van der Waals surface area contributed by atoms with Crippen LogP contribution >= 0.6 is 11.6 Å². The zero-order chi connectivity index (χ0) is 29.2. The van der Waals surface area contributed by atoms with E-state index in [1.807, 2.05) is 0 Å². The smallest absolute Gasteiger partial charge is 0.417 e. The Balaban J connectivity index is 1.77. The first kappa shape index (κ1) is 29.3. The average Bonchev–Trinajstić information content (AvgIpc) is 2.90. The Bertz CT molecular complexity index is 1560. The molecular weight excluding hydrogens is 581 g/mol. The van der Waals surface area contributed by atoms with Crippen molar-refractivity contribution in [3.05, 3.63) is 87.9 Å². The van der Waals surface area contributed by atoms with Crippen molar-refractivity contribution in [3.8, 4) is 5.75 Å². The number of ether oxygens (including phenoxy) is 1. The van der Waals surface area contributed by atoms with Crippen molar-refractivity contribution in [1.29, 1.82) is 0 Å². The third kappa shape index (κ3) is 6.39. The van der Waals surface area contributed by atoms with E-state index in [0.29, 0.717) is 5.56 Å². The van der Waals surface area contributed by atoms with E-state index in [-0.39, 0.29) is 41.4 Å². The predicted octanol–water partition coefficient (Wildman–Crippen LogP) is 7.29. The highest BCUT2D eigenvalue weighted by Gasteiger charge is 2.36. The molecule has 0 fully saturated rings. The van der Waals surface area contributed by atoms with Gasteiger partial charge in [0, 0.05) is 22.6 Å². The predicted molar refractivity (Wildman–Crippen MR) is 139 cm³/mol. The highest BCUT2D eigenvalue weighted by atomic mass is 35.5. The van der Waals surface area contributed by atoms with Crippen LogP contribution in [0, 0.1) is 0 Å². The van der Waals surface area contributed by atoms with Gasteiger partial charge in [-0.3, -0.25) is 9.10 Å². The number of sulfonamides is 1. The highest BCUT2D eigenvalue weighted by Crippen LogP contribution is 2.40. The van der Waals surface area contributed by atoms with Crippen molar-refractivity contribution in [2.45, 2.75) is 36.4 Å². The van der Waals surface area contributed by atoms with Crippen molar-refractivity contribution in [3.63, 3.8) is 0 Å². The normalized spacial score (nSPS) is 15.8. The number of carbonyl (C=O) groups is 1. The van der Waals surface area contributed by atoms with Crippen LogP contribution in [0.15, 0.2) is 65.6 Å². The van der Waals surface area contributed by atoms with Crippen LogP contribution in [-0.4, -0.2) is 32.1 Å². The number of hydrogen-bond donors (Lipinski definition) is 1. The SMILES string of the molecule is O=C(O)CCC1CN(S(=O)(=O)c2cccc(C(F)F)c2)c2cc(C=Cc3c(Cl)cccc3C(F)(F)F)ccc2O1. The molecule has 6 nitrogen and oxygen atoms in total. The molecule has 0 radical (unpaired) electrons. The van der Waals surface area contributed by atoms with Gasteiger partial charge in [0.05, 0.1) is 22.7 Å². The zero-order valence-electron chi connectivity index (χ0n) is 20.4. The van der Waals surface area contributed by atoms with Crippen LogP contribution in [-0.2, 0) is 21.0 Å². The lowest BCUT2D eigenvalue weighted by molar-refractivity contribution is -0.138. The summed E-state index contributed by atoms with van der Waals surface area (Å²) in [6, 6.07) is 11.9. The molecule has 1 aliphatic rings. The molecule has 40 heavy (non-hydrogen) atoms. The van der Waals surface area contributed by atoms with Gasteiger partial charge in [0.15, 0.2) is 0 Å². The molecule has 1 aliphatic heterocycles. The molecule has 0 bridgehead atoms. The van der Waals surface area contributed by atoms with Gasteiger partial charge in [-0.15, -0.1) is 0 Å². The molecule has 0 aromatic heterocycles. The van der Waals surface area contributed by atoms with Gasteiger partial charge in [-0.2, -0.15) is 13.2 Å². The first-order valence-corrected chi connectivity index (χ1v) is 13.6. The first-order valence-electron chi connectivity index (χ1n) is 11.7. The van der Waals surface area contributed by atoms with Gasteiger partial charge in [-0.05, 0) is 48.4 Å². The fourth-order valence-electron chi connectivity index (χ4n) is 4.17. The quantitative estimate of drug-likeness (QED) is 0.217. The molecule has 0 saturated carbocycles. The lowest BCUT2D eigenvalue weighted by Crippen LogP contribution is -2.43. The van der Waals surface area contributed by atoms with Crippen molar-refractivity contribution in [2.24, 2.45) is 0 Å². The molecule has 212 valence electrons. The van der Waals surface area contributed by atoms with E-state index in [9.17, 15) is 35.2 Å². The summed E-state index contributed by atoms with van der Waals surface area (Å²) in [5.74, 6) is -1.05. The number of hydrogen-bond acceptors (Lipinski definition) is 4. The maximum atomic E-state index is 13.6. The minimum absolute atomic E-state index is 0.00591. The monoisotopic (exact) mass is 601 g/mol. The maximum absolute atomic E-state index is 13.6. The largest absolute Gasteiger partial charge is 0.486 e. The molecule has 1 N–H and O–H groups in total. The second-order valence-corrected chi connectivity index (χ2v) is 11.1. The minimum atomic E-state index is -4.67. The number of halogens is 6. The van der Waals surface area contributed by atoms with Crippen molar-refractivity contribution in [2.75, 3.05) is 10.8 Å². The number of carboxylic acids is 1. The van der Waals surface area contributed by atoms with Crippen LogP contribution in [0.1, 0.15) is 41.5 Å². The second-order valence-electron chi connectivity index (χ2n) is 8.84. The van der Waals surface area contributed by atoms with E-state index in [0.717, 1.165) is 34.6 Å². The molecular formula is C27H21ClF5NO5S. The molecule has 1 heterocycles. The standard InChI is InChI=1S/C27H21ClF5NO5S/c28-22-6-2-5-21(27(31,32)33)20(22)10-7-16-8-11-24-23(13-16)34(15-18(39-24)9-12-25(35)36)40(37,38)19-4-1-3-17(14-19)26(29)30/h1-8,10-11,13-14,18,26H,9,12,15H2,(H,35,36). The van der Waals surface area contributed by atoms with E-state index >= 15 is 0 Å². The molecule has 1 atom stereocenters. The Morgan fingerprint density at radius 1 is 1.10 bits per heavy atom. The highest BCUT2D eigenvalue weighted by molar-refractivity contribution is 7.92. The molecule has 4 rings (SSSR count). The molecule has 0 spiro atoms. The number of aliphatic carboxylic acids is 1. The van der Waals surface area contributed by atoms with Gasteiger partial charge < -0.3 is 9.84 Å². The van der Waals surface area contributed by atoms with E-state index in [2.05, 4.69) is 0 Å². The number of rotatable bonds is 8. The van der Waals surface area contributed by atoms with E-state index in [4.69, 9.17) is 21.4 Å². The summed E-state index contributed by atoms with van der Waals surface area (Å²) in [5.41, 5.74) is -1.45. The summed E-state index contributed by atoms with van der Waals surface area (Å²) >= 11 is 6.02. The fourth-order valence-corrected chi connectivity index (χ4v) is 5.96. The Labute approximate surface area is 231 Å². The summed E-state index contributed by atoms with van der Waals surface area (Å²) < 4.78 is 101. The van der Waals surface area contributed by atoms with Gasteiger partial charge in [-0.1, -0.05) is 48.0 Å². The number of alkyl halides is 5. The third-order valence-corrected chi connectivity index (χ3v) is 8.20. The lowest BCUT2D eigenvalue weighted by atomic mass is 10.0. The topological polar surface area (TPSA) is 83.9 Å². The van der Waals surface area contributed by atoms with Gasteiger partial charge >= 0.3 is 12.1 Å². The Morgan fingerprint density at radius 3 is 2.50 bits per heavy atom. The summed E-state index contributed by atoms with van der Waals surface area (Å²) in [4.78, 5) is 10.7. The van der Waals surface area contributed by atoms with E-state index in [1.165, 1.54) is 42.5 Å². The van der Waals surface area contributed by atoms with Crippen LogP contribution < -0.4 is 9.04 Å². The molecule has 3 aromatic carbocycles. The summed E-state index contributed by atoms with van der Waals surface area (Å²) in [6.07, 6.45) is -6.33. The van der Waals surface area contributed by atoms with E-state index < -0.39 is 50.7 Å². The number of fused-ring (bicyclic) bond motifs is 1. The molecule has 3 aromatic rings. The lowest BCUT2D eigenvalue weighted by Gasteiger charge is -2.35. The van der Waals surface area contributed by atoms with Gasteiger partial charge in [0.2, 0.25) is 0 Å². The van der Waals surface area contributed by atoms with Crippen LogP contribution in [0.4, 0.5) is 27.6 Å². The van der Waals surface area contributed by atoms with Gasteiger partial charge in [-0.25, -0.2) is 17.2 Å². The van der Waals surface area contributed by atoms with Gasteiger partial charge in [0.1, 0.15) is 11.9 Å². The minimum Gasteiger partial charge on any atom is -0.486 e. The van der Waals surface area contributed by atoms with Crippen LogP contribution in [0.2, 0.25) is 5.02 Å². The molecule has 0 aliphatic carbocycles. The summed E-state index contributed by atoms with van der Waals surface area (Å²) in [5, 5.41) is 8.92. The van der Waals surface area contributed by atoms with Gasteiger partial charge in [0.25, 0.3) is 16.4 Å². The molecule has 13 heteroatoms. The summed E-state index contributed by atoms with van der Waals surface area (Å²) in [6.45, 7) is -0.322. The Morgan fingerprint density at radius 2 is 1.82 bits per heavy atom.